The monoisotopic (exact) mass is 399 g/mol. The van der Waals surface area contributed by atoms with Crippen LogP contribution >= 0.6 is 11.6 Å². The SMILES string of the molecule is CCOC(=O)C1=C(C)Nc2c(c(C3CCCC3)nn2C)C1c1ccccc1Cl. The zero-order valence-corrected chi connectivity index (χ0v) is 17.3. The maximum Gasteiger partial charge on any atom is 0.336 e. The molecule has 1 aliphatic carbocycles. The van der Waals surface area contributed by atoms with Crippen LogP contribution in [0.2, 0.25) is 5.02 Å². The highest BCUT2D eigenvalue weighted by Crippen LogP contribution is 2.49. The fraction of sp³-hybridized carbons (Fsp3) is 0.455. The lowest BCUT2D eigenvalue weighted by Gasteiger charge is -2.30. The number of carbonyl (C=O) groups excluding carboxylic acids is 1. The number of benzene rings is 1. The second-order valence-corrected chi connectivity index (χ2v) is 8.00. The molecule has 0 bridgehead atoms. The van der Waals surface area contributed by atoms with Crippen molar-refractivity contribution >= 4 is 23.4 Å². The van der Waals surface area contributed by atoms with Crippen molar-refractivity contribution in [2.45, 2.75) is 51.4 Å². The van der Waals surface area contributed by atoms with Gasteiger partial charge in [0.25, 0.3) is 0 Å². The summed E-state index contributed by atoms with van der Waals surface area (Å²) < 4.78 is 7.32. The first-order chi connectivity index (χ1) is 13.5. The van der Waals surface area contributed by atoms with Gasteiger partial charge in [0.1, 0.15) is 5.82 Å². The molecule has 5 nitrogen and oxygen atoms in total. The molecule has 1 aromatic heterocycles. The molecule has 0 spiro atoms. The average molecular weight is 400 g/mol. The molecule has 2 aliphatic rings. The van der Waals surface area contributed by atoms with Crippen LogP contribution in [0.3, 0.4) is 0 Å². The van der Waals surface area contributed by atoms with Crippen LogP contribution in [0, 0.1) is 0 Å². The lowest BCUT2D eigenvalue weighted by Crippen LogP contribution is -2.25. The molecule has 28 heavy (non-hydrogen) atoms. The first-order valence-electron chi connectivity index (χ1n) is 9.99. The van der Waals surface area contributed by atoms with E-state index in [0.29, 0.717) is 23.1 Å². The summed E-state index contributed by atoms with van der Waals surface area (Å²) in [5.74, 6) is 0.776. The topological polar surface area (TPSA) is 56.1 Å². The number of aromatic nitrogens is 2. The Morgan fingerprint density at radius 3 is 2.71 bits per heavy atom. The van der Waals surface area contributed by atoms with E-state index in [-0.39, 0.29) is 11.9 Å². The van der Waals surface area contributed by atoms with Crippen LogP contribution in [0.4, 0.5) is 5.82 Å². The highest BCUT2D eigenvalue weighted by atomic mass is 35.5. The molecule has 1 aromatic carbocycles. The number of esters is 1. The minimum absolute atomic E-state index is 0.284. The minimum Gasteiger partial charge on any atom is -0.463 e. The molecule has 2 aromatic rings. The molecule has 1 fully saturated rings. The molecule has 6 heteroatoms. The van der Waals surface area contributed by atoms with Gasteiger partial charge in [-0.1, -0.05) is 42.6 Å². The van der Waals surface area contributed by atoms with E-state index in [1.54, 1.807) is 0 Å². The van der Waals surface area contributed by atoms with Crippen LogP contribution in [-0.2, 0) is 16.6 Å². The molecule has 0 saturated heterocycles. The number of ether oxygens (including phenoxy) is 1. The van der Waals surface area contributed by atoms with Crippen LogP contribution in [0.15, 0.2) is 35.5 Å². The predicted molar refractivity (Wildman–Crippen MR) is 111 cm³/mol. The fourth-order valence-electron chi connectivity index (χ4n) is 4.60. The summed E-state index contributed by atoms with van der Waals surface area (Å²) >= 11 is 6.62. The Kier molecular flexibility index (Phi) is 5.19. The minimum atomic E-state index is -0.302. The van der Waals surface area contributed by atoms with E-state index in [4.69, 9.17) is 21.4 Å². The third-order valence-corrected chi connectivity index (χ3v) is 6.20. The van der Waals surface area contributed by atoms with Crippen molar-refractivity contribution in [3.8, 4) is 0 Å². The van der Waals surface area contributed by atoms with Crippen LogP contribution in [0.1, 0.15) is 68.2 Å². The van der Waals surface area contributed by atoms with Crippen molar-refractivity contribution in [1.29, 1.82) is 0 Å². The summed E-state index contributed by atoms with van der Waals surface area (Å²) in [6.07, 6.45) is 4.71. The van der Waals surface area contributed by atoms with E-state index in [2.05, 4.69) is 5.32 Å². The summed E-state index contributed by atoms with van der Waals surface area (Å²) in [5, 5.41) is 8.95. The molecule has 148 valence electrons. The van der Waals surface area contributed by atoms with Gasteiger partial charge in [-0.05, 0) is 38.3 Å². The lowest BCUT2D eigenvalue weighted by molar-refractivity contribution is -0.138. The number of hydrogen-bond donors (Lipinski definition) is 1. The number of fused-ring (bicyclic) bond motifs is 1. The normalized spacial score (nSPS) is 19.5. The van der Waals surface area contributed by atoms with Crippen molar-refractivity contribution in [2.24, 2.45) is 7.05 Å². The van der Waals surface area contributed by atoms with Gasteiger partial charge in [-0.15, -0.1) is 0 Å². The number of aryl methyl sites for hydroxylation is 1. The molecular weight excluding hydrogens is 374 g/mol. The third-order valence-electron chi connectivity index (χ3n) is 5.85. The molecule has 0 amide bonds. The first kappa shape index (κ1) is 19.1. The largest absolute Gasteiger partial charge is 0.463 e. The Labute approximate surface area is 170 Å². The number of anilines is 1. The number of halogens is 1. The zero-order chi connectivity index (χ0) is 19.8. The summed E-state index contributed by atoms with van der Waals surface area (Å²) in [4.78, 5) is 13.0. The highest BCUT2D eigenvalue weighted by Gasteiger charge is 2.40. The molecule has 1 aliphatic heterocycles. The third kappa shape index (κ3) is 3.12. The van der Waals surface area contributed by atoms with Crippen LogP contribution in [0.25, 0.3) is 0 Å². The number of carbonyl (C=O) groups is 1. The quantitative estimate of drug-likeness (QED) is 0.724. The molecule has 1 saturated carbocycles. The Hall–Kier alpha value is -2.27. The van der Waals surface area contributed by atoms with Crippen LogP contribution in [-0.4, -0.2) is 22.4 Å². The van der Waals surface area contributed by atoms with Crippen molar-refractivity contribution in [3.05, 3.63) is 57.4 Å². The predicted octanol–water partition coefficient (Wildman–Crippen LogP) is 5.13. The van der Waals surface area contributed by atoms with Gasteiger partial charge in [0, 0.05) is 35.2 Å². The van der Waals surface area contributed by atoms with E-state index in [1.807, 2.05) is 49.8 Å². The van der Waals surface area contributed by atoms with Gasteiger partial charge >= 0.3 is 5.97 Å². The van der Waals surface area contributed by atoms with Gasteiger partial charge < -0.3 is 10.1 Å². The molecule has 4 rings (SSSR count). The Bertz CT molecular complexity index is 941. The Morgan fingerprint density at radius 2 is 2.04 bits per heavy atom. The zero-order valence-electron chi connectivity index (χ0n) is 16.6. The van der Waals surface area contributed by atoms with Gasteiger partial charge in [0.15, 0.2) is 0 Å². The average Bonchev–Trinajstić information content (AvgIpc) is 3.30. The fourth-order valence-corrected chi connectivity index (χ4v) is 4.85. The van der Waals surface area contributed by atoms with E-state index in [9.17, 15) is 4.79 Å². The smallest absolute Gasteiger partial charge is 0.336 e. The van der Waals surface area contributed by atoms with Gasteiger partial charge in [0.05, 0.1) is 17.9 Å². The number of nitrogens with zero attached hydrogens (tertiary/aromatic N) is 2. The molecule has 1 atom stereocenters. The molecular formula is C22H26ClN3O2. The van der Waals surface area contributed by atoms with E-state index >= 15 is 0 Å². The molecule has 1 N–H and O–H groups in total. The van der Waals surface area contributed by atoms with Crippen LogP contribution < -0.4 is 5.32 Å². The van der Waals surface area contributed by atoms with Gasteiger partial charge in [-0.2, -0.15) is 5.10 Å². The standard InChI is InChI=1S/C22H26ClN3O2/c1-4-28-22(27)17-13(2)24-21-19(18(17)15-11-7-8-12-16(15)23)20(25-26(21)3)14-9-5-6-10-14/h7-8,11-12,14,18,24H,4-6,9-10H2,1-3H3. The number of allylic oxidation sites excluding steroid dienone is 1. The Balaban J connectivity index is 1.95. The van der Waals surface area contributed by atoms with Gasteiger partial charge in [0.2, 0.25) is 0 Å². The van der Waals surface area contributed by atoms with Gasteiger partial charge in [-0.25, -0.2) is 4.79 Å². The highest BCUT2D eigenvalue weighted by molar-refractivity contribution is 6.31. The van der Waals surface area contributed by atoms with E-state index in [0.717, 1.165) is 41.2 Å². The van der Waals surface area contributed by atoms with Crippen LogP contribution in [0.5, 0.6) is 0 Å². The Morgan fingerprint density at radius 1 is 1.32 bits per heavy atom. The molecule has 0 radical (unpaired) electrons. The summed E-state index contributed by atoms with van der Waals surface area (Å²) in [6.45, 7) is 4.08. The number of rotatable bonds is 4. The first-order valence-corrected chi connectivity index (χ1v) is 10.4. The number of hydrogen-bond acceptors (Lipinski definition) is 4. The second kappa shape index (κ2) is 7.63. The molecule has 2 heterocycles. The summed E-state index contributed by atoms with van der Waals surface area (Å²) in [5.41, 5.74) is 4.48. The van der Waals surface area contributed by atoms with E-state index < -0.39 is 0 Å². The van der Waals surface area contributed by atoms with Crippen molar-refractivity contribution < 1.29 is 9.53 Å². The summed E-state index contributed by atoms with van der Waals surface area (Å²) in [7, 11) is 1.95. The number of nitrogens with one attached hydrogen (secondary N) is 1. The van der Waals surface area contributed by atoms with E-state index in [1.165, 1.54) is 12.8 Å². The maximum absolute atomic E-state index is 13.0. The maximum atomic E-state index is 13.0. The van der Waals surface area contributed by atoms with Crippen molar-refractivity contribution in [3.63, 3.8) is 0 Å². The van der Waals surface area contributed by atoms with Gasteiger partial charge in [-0.3, -0.25) is 4.68 Å². The van der Waals surface area contributed by atoms with Crippen molar-refractivity contribution in [2.75, 3.05) is 11.9 Å². The second-order valence-electron chi connectivity index (χ2n) is 7.59. The van der Waals surface area contributed by atoms with Crippen molar-refractivity contribution in [1.82, 2.24) is 9.78 Å². The lowest BCUT2D eigenvalue weighted by atomic mass is 9.79. The summed E-state index contributed by atoms with van der Waals surface area (Å²) in [6, 6.07) is 7.75. The molecule has 1 unspecified atom stereocenters.